The summed E-state index contributed by atoms with van der Waals surface area (Å²) in [7, 11) is 1.54. The highest BCUT2D eigenvalue weighted by atomic mass is 19.1. The Balaban J connectivity index is 1.36. The van der Waals surface area contributed by atoms with Crippen molar-refractivity contribution in [2.45, 2.75) is 32.0 Å². The molecule has 166 valence electrons. The molecule has 32 heavy (non-hydrogen) atoms. The number of ether oxygens (including phenoxy) is 1. The standard InChI is InChI=1S/C22H22FN5O4/c1-31-16-7-4-6-15(11-16)25-22(30)24-12-19-26-21(32-27-19)18-9-10-20(29)28(18)13-14-5-2-3-8-17(14)23/h2-8,11,18H,9-10,12-13H2,1H3,(H2,24,25,30)/t18-/m0/s1. The van der Waals surface area contributed by atoms with Crippen molar-refractivity contribution in [1.29, 1.82) is 0 Å². The predicted molar refractivity (Wildman–Crippen MR) is 112 cm³/mol. The molecule has 0 spiro atoms. The van der Waals surface area contributed by atoms with E-state index in [1.165, 1.54) is 6.07 Å². The number of nitrogens with one attached hydrogen (secondary N) is 2. The van der Waals surface area contributed by atoms with Crippen molar-refractivity contribution in [3.63, 3.8) is 0 Å². The minimum Gasteiger partial charge on any atom is -0.497 e. The second-order valence-electron chi connectivity index (χ2n) is 7.26. The summed E-state index contributed by atoms with van der Waals surface area (Å²) in [5.74, 6) is 0.678. The van der Waals surface area contributed by atoms with Gasteiger partial charge in [0.15, 0.2) is 5.82 Å². The number of anilines is 1. The third kappa shape index (κ3) is 4.85. The maximum absolute atomic E-state index is 14.0. The average Bonchev–Trinajstić information content (AvgIpc) is 3.41. The zero-order chi connectivity index (χ0) is 22.5. The van der Waals surface area contributed by atoms with E-state index in [1.54, 1.807) is 54.5 Å². The molecule has 1 aromatic heterocycles. The molecule has 4 rings (SSSR count). The Hall–Kier alpha value is -3.95. The van der Waals surface area contributed by atoms with Crippen LogP contribution >= 0.6 is 0 Å². The van der Waals surface area contributed by atoms with Crippen LogP contribution in [0.3, 0.4) is 0 Å². The first-order chi connectivity index (χ1) is 15.5. The average molecular weight is 439 g/mol. The van der Waals surface area contributed by atoms with E-state index in [9.17, 15) is 14.0 Å². The first-order valence-corrected chi connectivity index (χ1v) is 10.1. The zero-order valence-corrected chi connectivity index (χ0v) is 17.4. The van der Waals surface area contributed by atoms with Crippen molar-refractivity contribution in [2.75, 3.05) is 12.4 Å². The van der Waals surface area contributed by atoms with Crippen LogP contribution in [-0.4, -0.2) is 34.1 Å². The number of hydrogen-bond donors (Lipinski definition) is 2. The number of rotatable bonds is 7. The summed E-state index contributed by atoms with van der Waals surface area (Å²) in [6.07, 6.45) is 0.816. The monoisotopic (exact) mass is 439 g/mol. The van der Waals surface area contributed by atoms with Crippen LogP contribution in [-0.2, 0) is 17.9 Å². The molecule has 9 nitrogen and oxygen atoms in total. The smallest absolute Gasteiger partial charge is 0.319 e. The fourth-order valence-electron chi connectivity index (χ4n) is 3.51. The van der Waals surface area contributed by atoms with Gasteiger partial charge >= 0.3 is 6.03 Å². The van der Waals surface area contributed by atoms with E-state index in [4.69, 9.17) is 9.26 Å². The van der Waals surface area contributed by atoms with E-state index in [1.807, 2.05) is 0 Å². The van der Waals surface area contributed by atoms with Crippen molar-refractivity contribution < 1.29 is 23.2 Å². The number of hydrogen-bond acceptors (Lipinski definition) is 6. The number of likely N-dealkylation sites (tertiary alicyclic amines) is 1. The van der Waals surface area contributed by atoms with E-state index >= 15 is 0 Å². The third-order valence-electron chi connectivity index (χ3n) is 5.13. The summed E-state index contributed by atoms with van der Waals surface area (Å²) in [5.41, 5.74) is 0.993. The zero-order valence-electron chi connectivity index (χ0n) is 17.4. The molecule has 1 aliphatic rings. The van der Waals surface area contributed by atoms with Crippen molar-refractivity contribution in [2.24, 2.45) is 0 Å². The van der Waals surface area contributed by atoms with Gasteiger partial charge in [-0.15, -0.1) is 0 Å². The number of aromatic nitrogens is 2. The molecule has 10 heteroatoms. The van der Waals surface area contributed by atoms with Crippen molar-refractivity contribution in [3.8, 4) is 5.75 Å². The van der Waals surface area contributed by atoms with Crippen molar-refractivity contribution >= 4 is 17.6 Å². The summed E-state index contributed by atoms with van der Waals surface area (Å²) in [4.78, 5) is 30.4. The highest BCUT2D eigenvalue weighted by Crippen LogP contribution is 2.33. The van der Waals surface area contributed by atoms with Crippen molar-refractivity contribution in [1.82, 2.24) is 20.4 Å². The molecular weight excluding hydrogens is 417 g/mol. The number of halogens is 1. The number of carbonyl (C=O) groups is 2. The lowest BCUT2D eigenvalue weighted by Crippen LogP contribution is -2.29. The minimum absolute atomic E-state index is 0.0350. The van der Waals surface area contributed by atoms with Gasteiger partial charge in [-0.3, -0.25) is 4.79 Å². The quantitative estimate of drug-likeness (QED) is 0.584. The van der Waals surface area contributed by atoms with Gasteiger partial charge in [-0.2, -0.15) is 4.98 Å². The molecule has 0 aliphatic carbocycles. The Morgan fingerprint density at radius 1 is 1.28 bits per heavy atom. The lowest BCUT2D eigenvalue weighted by Gasteiger charge is -2.22. The molecule has 0 unspecified atom stereocenters. The molecule has 0 bridgehead atoms. The maximum atomic E-state index is 14.0. The van der Waals surface area contributed by atoms with E-state index in [-0.39, 0.29) is 36.5 Å². The summed E-state index contributed by atoms with van der Waals surface area (Å²) in [5, 5.41) is 9.23. The number of methoxy groups -OCH3 is 1. The lowest BCUT2D eigenvalue weighted by molar-refractivity contribution is -0.130. The molecule has 2 N–H and O–H groups in total. The summed E-state index contributed by atoms with van der Waals surface area (Å²) < 4.78 is 24.5. The number of nitrogens with zero attached hydrogens (tertiary/aromatic N) is 3. The molecule has 0 saturated carbocycles. The van der Waals surface area contributed by atoms with Gasteiger partial charge in [-0.25, -0.2) is 9.18 Å². The second kappa shape index (κ2) is 9.46. The Morgan fingerprint density at radius 3 is 2.94 bits per heavy atom. The van der Waals surface area contributed by atoms with E-state index in [0.29, 0.717) is 29.8 Å². The Bertz CT molecular complexity index is 1120. The predicted octanol–water partition coefficient (Wildman–Crippen LogP) is 3.40. The van der Waals surface area contributed by atoms with E-state index in [2.05, 4.69) is 20.8 Å². The van der Waals surface area contributed by atoms with Crippen LogP contribution in [0.15, 0.2) is 53.1 Å². The van der Waals surface area contributed by atoms with Crippen LogP contribution in [0, 0.1) is 5.82 Å². The molecule has 2 aromatic carbocycles. The van der Waals surface area contributed by atoms with E-state index < -0.39 is 12.1 Å². The van der Waals surface area contributed by atoms with Gasteiger partial charge in [0.1, 0.15) is 17.6 Å². The number of carbonyl (C=O) groups excluding carboxylic acids is 2. The van der Waals surface area contributed by atoms with Crippen LogP contribution in [0.2, 0.25) is 0 Å². The van der Waals surface area contributed by atoms with Gasteiger partial charge in [-0.05, 0) is 24.6 Å². The van der Waals surface area contributed by atoms with E-state index in [0.717, 1.165) is 0 Å². The summed E-state index contributed by atoms with van der Waals surface area (Å²) in [6.45, 7) is 0.155. The van der Waals surface area contributed by atoms with Crippen molar-refractivity contribution in [3.05, 3.63) is 71.6 Å². The topological polar surface area (TPSA) is 110 Å². The second-order valence-corrected chi connectivity index (χ2v) is 7.26. The number of amides is 3. The fraction of sp³-hybridized carbons (Fsp3) is 0.273. The highest BCUT2D eigenvalue weighted by molar-refractivity contribution is 5.89. The SMILES string of the molecule is COc1cccc(NC(=O)NCc2noc([C@@H]3CCC(=O)N3Cc3ccccc3F)n2)c1. The molecule has 1 aliphatic heterocycles. The maximum Gasteiger partial charge on any atom is 0.319 e. The van der Waals surface area contributed by atoms with Gasteiger partial charge in [0.05, 0.1) is 13.7 Å². The summed E-state index contributed by atoms with van der Waals surface area (Å²) >= 11 is 0. The van der Waals surface area contributed by atoms with Crippen LogP contribution in [0.5, 0.6) is 5.75 Å². The molecule has 1 fully saturated rings. The largest absolute Gasteiger partial charge is 0.497 e. The molecule has 1 atom stereocenters. The fourth-order valence-corrected chi connectivity index (χ4v) is 3.51. The molecule has 1 saturated heterocycles. The molecule has 0 radical (unpaired) electrons. The van der Waals surface area contributed by atoms with Crippen LogP contribution in [0.25, 0.3) is 0 Å². The molecular formula is C22H22FN5O4. The highest BCUT2D eigenvalue weighted by Gasteiger charge is 2.36. The van der Waals surface area contributed by atoms with Crippen LogP contribution < -0.4 is 15.4 Å². The molecule has 3 aromatic rings. The number of urea groups is 1. The Kier molecular flexibility index (Phi) is 6.29. The first-order valence-electron chi connectivity index (χ1n) is 10.1. The molecule has 3 amide bonds. The van der Waals surface area contributed by atoms with Gasteiger partial charge < -0.3 is 24.8 Å². The van der Waals surface area contributed by atoms with Crippen LogP contribution in [0.4, 0.5) is 14.9 Å². The lowest BCUT2D eigenvalue weighted by atomic mass is 10.1. The van der Waals surface area contributed by atoms with Gasteiger partial charge in [-0.1, -0.05) is 29.4 Å². The Morgan fingerprint density at radius 2 is 2.12 bits per heavy atom. The molecule has 2 heterocycles. The third-order valence-corrected chi connectivity index (χ3v) is 5.13. The first kappa shape index (κ1) is 21.3. The number of benzene rings is 2. The minimum atomic E-state index is -0.443. The van der Waals surface area contributed by atoms with Gasteiger partial charge in [0.25, 0.3) is 0 Å². The van der Waals surface area contributed by atoms with Gasteiger partial charge in [0.2, 0.25) is 11.8 Å². The Labute approximate surface area is 183 Å². The summed E-state index contributed by atoms with van der Waals surface area (Å²) in [6, 6.07) is 12.4. The normalized spacial score (nSPS) is 15.6. The van der Waals surface area contributed by atoms with Gasteiger partial charge in [0, 0.05) is 30.3 Å². The van der Waals surface area contributed by atoms with Crippen LogP contribution in [0.1, 0.15) is 36.2 Å².